The zero-order valence-corrected chi connectivity index (χ0v) is 21.5. The van der Waals surface area contributed by atoms with Gasteiger partial charge in [0.15, 0.2) is 11.5 Å². The van der Waals surface area contributed by atoms with Gasteiger partial charge >= 0.3 is 5.97 Å². The van der Waals surface area contributed by atoms with Crippen LogP contribution in [0.2, 0.25) is 5.02 Å². The molecule has 0 amide bonds. The summed E-state index contributed by atoms with van der Waals surface area (Å²) in [6.45, 7) is 1.80. The fraction of sp³-hybridized carbons (Fsp3) is 0.444. The van der Waals surface area contributed by atoms with E-state index in [2.05, 4.69) is 20.2 Å². The molecule has 2 aliphatic rings. The van der Waals surface area contributed by atoms with Gasteiger partial charge in [0.25, 0.3) is 0 Å². The van der Waals surface area contributed by atoms with Crippen molar-refractivity contribution in [3.05, 3.63) is 47.5 Å². The quantitative estimate of drug-likeness (QED) is 0.364. The Kier molecular flexibility index (Phi) is 7.90. The van der Waals surface area contributed by atoms with Gasteiger partial charge in [0.1, 0.15) is 30.6 Å². The number of rotatable bonds is 9. The van der Waals surface area contributed by atoms with E-state index in [9.17, 15) is 9.18 Å². The zero-order valence-electron chi connectivity index (χ0n) is 20.7. The number of esters is 1. The average molecular weight is 529 g/mol. The van der Waals surface area contributed by atoms with Crippen molar-refractivity contribution in [2.75, 3.05) is 32.1 Å². The van der Waals surface area contributed by atoms with Gasteiger partial charge in [-0.15, -0.1) is 0 Å². The SMILES string of the molecule is COC(=O)C1CCCN1CCOc1cc2c(Nc3ccc(F)c(Cl)c3)ncnc2cc1OC1CCCC1. The Morgan fingerprint density at radius 3 is 2.76 bits per heavy atom. The van der Waals surface area contributed by atoms with Crippen LogP contribution in [-0.2, 0) is 9.53 Å². The number of nitrogens with zero attached hydrogens (tertiary/aromatic N) is 3. The number of anilines is 2. The molecular weight excluding hydrogens is 499 g/mol. The number of fused-ring (bicyclic) bond motifs is 1. The molecule has 1 aromatic heterocycles. The van der Waals surface area contributed by atoms with Crippen molar-refractivity contribution in [2.45, 2.75) is 50.7 Å². The summed E-state index contributed by atoms with van der Waals surface area (Å²) >= 11 is 5.96. The monoisotopic (exact) mass is 528 g/mol. The molecule has 196 valence electrons. The Morgan fingerprint density at radius 1 is 1.14 bits per heavy atom. The molecule has 10 heteroatoms. The van der Waals surface area contributed by atoms with Gasteiger partial charge in [0, 0.05) is 23.7 Å². The van der Waals surface area contributed by atoms with Crippen LogP contribution in [0.3, 0.4) is 0 Å². The third-order valence-corrected chi connectivity index (χ3v) is 7.24. The molecule has 1 saturated heterocycles. The summed E-state index contributed by atoms with van der Waals surface area (Å²) in [7, 11) is 1.42. The fourth-order valence-corrected chi connectivity index (χ4v) is 5.22. The predicted octanol–water partition coefficient (Wildman–Crippen LogP) is 5.50. The van der Waals surface area contributed by atoms with Gasteiger partial charge in [0.05, 0.1) is 23.8 Å². The number of aromatic nitrogens is 2. The van der Waals surface area contributed by atoms with Gasteiger partial charge in [-0.2, -0.15) is 0 Å². The molecule has 1 aliphatic carbocycles. The van der Waals surface area contributed by atoms with Crippen LogP contribution in [0.15, 0.2) is 36.7 Å². The van der Waals surface area contributed by atoms with Crippen molar-refractivity contribution < 1.29 is 23.4 Å². The molecule has 1 aliphatic heterocycles. The lowest BCUT2D eigenvalue weighted by molar-refractivity contribution is -0.145. The van der Waals surface area contributed by atoms with Crippen LogP contribution < -0.4 is 14.8 Å². The minimum Gasteiger partial charge on any atom is -0.488 e. The first kappa shape index (κ1) is 25.5. The Morgan fingerprint density at radius 2 is 1.97 bits per heavy atom. The van der Waals surface area contributed by atoms with Gasteiger partial charge in [-0.05, 0) is 69.3 Å². The summed E-state index contributed by atoms with van der Waals surface area (Å²) in [4.78, 5) is 23.0. The van der Waals surface area contributed by atoms with Crippen LogP contribution in [0.1, 0.15) is 38.5 Å². The molecule has 8 nitrogen and oxygen atoms in total. The summed E-state index contributed by atoms with van der Waals surface area (Å²) in [5.41, 5.74) is 1.29. The lowest BCUT2D eigenvalue weighted by Gasteiger charge is -2.23. The van der Waals surface area contributed by atoms with Gasteiger partial charge < -0.3 is 19.5 Å². The van der Waals surface area contributed by atoms with Gasteiger partial charge in [-0.3, -0.25) is 9.69 Å². The number of carbonyl (C=O) groups is 1. The lowest BCUT2D eigenvalue weighted by atomic mass is 10.2. The molecule has 1 unspecified atom stereocenters. The fourth-order valence-electron chi connectivity index (χ4n) is 5.03. The maximum absolute atomic E-state index is 13.6. The van der Waals surface area contributed by atoms with E-state index < -0.39 is 5.82 Å². The van der Waals surface area contributed by atoms with E-state index in [4.69, 9.17) is 25.8 Å². The second kappa shape index (κ2) is 11.5. The van der Waals surface area contributed by atoms with E-state index in [0.717, 1.165) is 50.5 Å². The summed E-state index contributed by atoms with van der Waals surface area (Å²) in [6, 6.07) is 7.92. The van der Waals surface area contributed by atoms with Crippen LogP contribution in [0.4, 0.5) is 15.9 Å². The minimum atomic E-state index is -0.489. The number of halogens is 2. The first-order chi connectivity index (χ1) is 18.0. The molecule has 0 radical (unpaired) electrons. The molecule has 5 rings (SSSR count). The molecule has 37 heavy (non-hydrogen) atoms. The van der Waals surface area contributed by atoms with Gasteiger partial charge in [0.2, 0.25) is 0 Å². The number of hydrogen-bond donors (Lipinski definition) is 1. The lowest BCUT2D eigenvalue weighted by Crippen LogP contribution is -2.39. The van der Waals surface area contributed by atoms with Crippen LogP contribution in [0.25, 0.3) is 10.9 Å². The van der Waals surface area contributed by atoms with E-state index in [1.807, 2.05) is 12.1 Å². The Bertz CT molecular complexity index is 1270. The summed E-state index contributed by atoms with van der Waals surface area (Å²) < 4.78 is 31.2. The second-order valence-electron chi connectivity index (χ2n) is 9.38. The highest BCUT2D eigenvalue weighted by Crippen LogP contribution is 2.37. The number of hydrogen-bond acceptors (Lipinski definition) is 8. The summed E-state index contributed by atoms with van der Waals surface area (Å²) in [6.07, 6.45) is 7.66. The molecule has 3 aromatic rings. The highest BCUT2D eigenvalue weighted by atomic mass is 35.5. The number of nitrogens with one attached hydrogen (secondary N) is 1. The van der Waals surface area contributed by atoms with E-state index in [0.29, 0.717) is 41.7 Å². The van der Waals surface area contributed by atoms with Crippen molar-refractivity contribution >= 4 is 40.0 Å². The molecule has 2 aromatic carbocycles. The molecule has 2 fully saturated rings. The second-order valence-corrected chi connectivity index (χ2v) is 9.79. The standard InChI is InChI=1S/C27H30ClFN4O4/c1-35-27(34)23-7-4-10-33(23)11-12-36-24-14-19-22(15-25(24)37-18-5-2-3-6-18)30-16-31-26(19)32-17-8-9-21(29)20(28)13-17/h8-9,13-16,18,23H,2-7,10-12H2,1H3,(H,30,31,32). The van der Waals surface area contributed by atoms with E-state index in [1.54, 1.807) is 6.07 Å². The van der Waals surface area contributed by atoms with Crippen molar-refractivity contribution in [2.24, 2.45) is 0 Å². The highest BCUT2D eigenvalue weighted by molar-refractivity contribution is 6.31. The van der Waals surface area contributed by atoms with Crippen LogP contribution in [0.5, 0.6) is 11.5 Å². The number of benzene rings is 2. The number of likely N-dealkylation sites (tertiary alicyclic amines) is 1. The Labute approximate surface area is 220 Å². The largest absolute Gasteiger partial charge is 0.488 e. The molecule has 0 bridgehead atoms. The highest BCUT2D eigenvalue weighted by Gasteiger charge is 2.31. The van der Waals surface area contributed by atoms with Crippen molar-refractivity contribution in [1.82, 2.24) is 14.9 Å². The Balaban J connectivity index is 1.40. The number of carbonyl (C=O) groups excluding carboxylic acids is 1. The summed E-state index contributed by atoms with van der Waals surface area (Å²) in [5, 5.41) is 3.95. The molecule has 0 spiro atoms. The average Bonchev–Trinajstić information content (AvgIpc) is 3.59. The first-order valence-corrected chi connectivity index (χ1v) is 13.0. The van der Waals surface area contributed by atoms with E-state index in [-0.39, 0.29) is 23.1 Å². The molecule has 1 N–H and O–H groups in total. The smallest absolute Gasteiger partial charge is 0.323 e. The van der Waals surface area contributed by atoms with E-state index in [1.165, 1.54) is 25.6 Å². The molecule has 1 saturated carbocycles. The normalized spacial score (nSPS) is 18.3. The van der Waals surface area contributed by atoms with Gasteiger partial charge in [-0.1, -0.05) is 11.6 Å². The molecule has 1 atom stereocenters. The molecule has 2 heterocycles. The zero-order chi connectivity index (χ0) is 25.8. The van der Waals surface area contributed by atoms with Crippen LogP contribution in [-0.4, -0.2) is 59.8 Å². The first-order valence-electron chi connectivity index (χ1n) is 12.6. The molecular formula is C27H30ClFN4O4. The van der Waals surface area contributed by atoms with Crippen LogP contribution >= 0.6 is 11.6 Å². The third kappa shape index (κ3) is 5.88. The van der Waals surface area contributed by atoms with Crippen molar-refractivity contribution in [1.29, 1.82) is 0 Å². The number of ether oxygens (including phenoxy) is 3. The Hall–Kier alpha value is -3.17. The van der Waals surface area contributed by atoms with Crippen molar-refractivity contribution in [3.8, 4) is 11.5 Å². The maximum atomic E-state index is 13.6. The van der Waals surface area contributed by atoms with E-state index >= 15 is 0 Å². The third-order valence-electron chi connectivity index (χ3n) is 6.95. The topological polar surface area (TPSA) is 85.8 Å². The minimum absolute atomic E-state index is 0.0202. The number of methoxy groups -OCH3 is 1. The maximum Gasteiger partial charge on any atom is 0.323 e. The predicted molar refractivity (Wildman–Crippen MR) is 139 cm³/mol. The van der Waals surface area contributed by atoms with Gasteiger partial charge in [-0.25, -0.2) is 14.4 Å². The van der Waals surface area contributed by atoms with Crippen molar-refractivity contribution in [3.63, 3.8) is 0 Å². The summed E-state index contributed by atoms with van der Waals surface area (Å²) in [5.74, 6) is 1.07. The van der Waals surface area contributed by atoms with Crippen LogP contribution in [0, 0.1) is 5.82 Å².